The SMILES string of the molecule is CCCCCCCCCCCCCCCCOCC(CO)OC(=O)c1cccc(I)c1. The lowest BCUT2D eigenvalue weighted by Crippen LogP contribution is -2.27. The van der Waals surface area contributed by atoms with E-state index in [0.717, 1.165) is 9.99 Å². The van der Waals surface area contributed by atoms with E-state index in [1.54, 1.807) is 12.1 Å². The maximum Gasteiger partial charge on any atom is 0.338 e. The van der Waals surface area contributed by atoms with Crippen LogP contribution in [0.15, 0.2) is 24.3 Å². The molecule has 1 atom stereocenters. The second-order valence-electron chi connectivity index (χ2n) is 8.39. The van der Waals surface area contributed by atoms with E-state index in [0.29, 0.717) is 12.2 Å². The van der Waals surface area contributed by atoms with Gasteiger partial charge in [-0.2, -0.15) is 0 Å². The van der Waals surface area contributed by atoms with Gasteiger partial charge in [-0.05, 0) is 47.2 Å². The average molecular weight is 547 g/mol. The van der Waals surface area contributed by atoms with Crippen molar-refractivity contribution in [3.8, 4) is 0 Å². The summed E-state index contributed by atoms with van der Waals surface area (Å²) in [5.74, 6) is -0.419. The molecular formula is C26H43IO4. The van der Waals surface area contributed by atoms with Crippen molar-refractivity contribution < 1.29 is 19.4 Å². The topological polar surface area (TPSA) is 55.8 Å². The van der Waals surface area contributed by atoms with Crippen LogP contribution in [0, 0.1) is 3.57 Å². The number of carbonyl (C=O) groups is 1. The lowest BCUT2D eigenvalue weighted by atomic mass is 10.0. The minimum Gasteiger partial charge on any atom is -0.454 e. The zero-order valence-electron chi connectivity index (χ0n) is 19.5. The van der Waals surface area contributed by atoms with Crippen molar-refractivity contribution in [1.82, 2.24) is 0 Å². The molecule has 0 aliphatic rings. The number of rotatable bonds is 20. The van der Waals surface area contributed by atoms with Crippen molar-refractivity contribution in [3.05, 3.63) is 33.4 Å². The van der Waals surface area contributed by atoms with Gasteiger partial charge in [0.15, 0.2) is 0 Å². The maximum absolute atomic E-state index is 12.1. The average Bonchev–Trinajstić information content (AvgIpc) is 2.77. The van der Waals surface area contributed by atoms with Gasteiger partial charge in [0, 0.05) is 10.2 Å². The summed E-state index contributed by atoms with van der Waals surface area (Å²) in [5.41, 5.74) is 0.498. The number of aliphatic hydroxyl groups is 1. The minimum atomic E-state index is -0.614. The molecule has 1 N–H and O–H groups in total. The van der Waals surface area contributed by atoms with Gasteiger partial charge in [0.05, 0.1) is 18.8 Å². The minimum absolute atomic E-state index is 0.228. The number of halogens is 1. The highest BCUT2D eigenvalue weighted by Gasteiger charge is 2.15. The highest BCUT2D eigenvalue weighted by Crippen LogP contribution is 2.13. The van der Waals surface area contributed by atoms with Crippen LogP contribution in [-0.4, -0.2) is 37.0 Å². The standard InChI is InChI=1S/C26H43IO4/c1-2-3-4-5-6-7-8-9-10-11-12-13-14-15-19-30-22-25(21-28)31-26(29)23-17-16-18-24(27)20-23/h16-18,20,25,28H,2-15,19,21-22H2,1H3. The summed E-state index contributed by atoms with van der Waals surface area (Å²) in [7, 11) is 0. The lowest BCUT2D eigenvalue weighted by molar-refractivity contribution is -0.0243. The van der Waals surface area contributed by atoms with Crippen LogP contribution in [0.25, 0.3) is 0 Å². The third-order valence-corrected chi connectivity index (χ3v) is 6.15. The Kier molecular flexibility index (Phi) is 18.3. The Balaban J connectivity index is 1.92. The monoisotopic (exact) mass is 546 g/mol. The van der Waals surface area contributed by atoms with E-state index in [9.17, 15) is 9.90 Å². The van der Waals surface area contributed by atoms with Crippen molar-refractivity contribution in [3.63, 3.8) is 0 Å². The first kappa shape index (κ1) is 28.4. The second-order valence-corrected chi connectivity index (χ2v) is 9.64. The Morgan fingerprint density at radius 2 is 1.45 bits per heavy atom. The normalized spacial score (nSPS) is 12.1. The third kappa shape index (κ3) is 15.7. The number of aliphatic hydroxyl groups excluding tert-OH is 1. The molecule has 1 aromatic rings. The van der Waals surface area contributed by atoms with Crippen molar-refractivity contribution in [1.29, 1.82) is 0 Å². The van der Waals surface area contributed by atoms with E-state index >= 15 is 0 Å². The first-order chi connectivity index (χ1) is 15.2. The summed E-state index contributed by atoms with van der Waals surface area (Å²) in [6, 6.07) is 7.22. The third-order valence-electron chi connectivity index (χ3n) is 5.48. The fourth-order valence-corrected chi connectivity index (χ4v) is 4.12. The molecule has 1 unspecified atom stereocenters. The quantitative estimate of drug-likeness (QED) is 0.106. The molecule has 1 aromatic carbocycles. The molecule has 0 fully saturated rings. The number of ether oxygens (including phenoxy) is 2. The molecule has 0 amide bonds. The summed E-state index contributed by atoms with van der Waals surface area (Å²) < 4.78 is 11.9. The Morgan fingerprint density at radius 3 is 1.97 bits per heavy atom. The van der Waals surface area contributed by atoms with Gasteiger partial charge in [-0.3, -0.25) is 0 Å². The number of carbonyl (C=O) groups excluding carboxylic acids is 1. The Bertz CT molecular complexity index is 564. The van der Waals surface area contributed by atoms with E-state index in [4.69, 9.17) is 9.47 Å². The fourth-order valence-electron chi connectivity index (χ4n) is 3.57. The molecule has 0 bridgehead atoms. The number of esters is 1. The molecule has 31 heavy (non-hydrogen) atoms. The van der Waals surface area contributed by atoms with Crippen LogP contribution >= 0.6 is 22.6 Å². The summed E-state index contributed by atoms with van der Waals surface area (Å²) in [4.78, 5) is 12.1. The van der Waals surface area contributed by atoms with Crippen molar-refractivity contribution >= 4 is 28.6 Å². The molecule has 178 valence electrons. The Hall–Kier alpha value is -0.660. The molecular weight excluding hydrogens is 503 g/mol. The first-order valence-corrected chi connectivity index (χ1v) is 13.4. The molecule has 0 radical (unpaired) electrons. The van der Waals surface area contributed by atoms with Crippen LogP contribution < -0.4 is 0 Å². The molecule has 1 rings (SSSR count). The molecule has 0 saturated heterocycles. The number of benzene rings is 1. The molecule has 0 aliphatic carbocycles. The zero-order chi connectivity index (χ0) is 22.6. The molecule has 0 saturated carbocycles. The highest BCUT2D eigenvalue weighted by atomic mass is 127. The van der Waals surface area contributed by atoms with E-state index in [1.807, 2.05) is 12.1 Å². The van der Waals surface area contributed by atoms with Crippen LogP contribution in [0.1, 0.15) is 107 Å². The van der Waals surface area contributed by atoms with Gasteiger partial charge >= 0.3 is 5.97 Å². The summed E-state index contributed by atoms with van der Waals surface area (Å²) >= 11 is 2.16. The van der Waals surface area contributed by atoms with Gasteiger partial charge in [-0.25, -0.2) is 4.79 Å². The summed E-state index contributed by atoms with van der Waals surface area (Å²) in [6.45, 7) is 2.93. The first-order valence-electron chi connectivity index (χ1n) is 12.3. The predicted molar refractivity (Wildman–Crippen MR) is 137 cm³/mol. The van der Waals surface area contributed by atoms with E-state index in [-0.39, 0.29) is 13.2 Å². The van der Waals surface area contributed by atoms with Gasteiger partial charge in [0.2, 0.25) is 0 Å². The fraction of sp³-hybridized carbons (Fsp3) is 0.731. The highest BCUT2D eigenvalue weighted by molar-refractivity contribution is 14.1. The van der Waals surface area contributed by atoms with Crippen LogP contribution in [0.5, 0.6) is 0 Å². The van der Waals surface area contributed by atoms with Gasteiger partial charge in [0.25, 0.3) is 0 Å². The van der Waals surface area contributed by atoms with Gasteiger partial charge in [0.1, 0.15) is 6.10 Å². The van der Waals surface area contributed by atoms with Crippen molar-refractivity contribution in [2.24, 2.45) is 0 Å². The number of hydrogen-bond acceptors (Lipinski definition) is 4. The Labute approximate surface area is 203 Å². The van der Waals surface area contributed by atoms with Crippen molar-refractivity contribution in [2.45, 2.75) is 103 Å². The van der Waals surface area contributed by atoms with Gasteiger partial charge in [-0.15, -0.1) is 0 Å². The van der Waals surface area contributed by atoms with E-state index in [2.05, 4.69) is 29.5 Å². The summed E-state index contributed by atoms with van der Waals surface area (Å²) in [6.07, 6.45) is 18.0. The molecule has 0 spiro atoms. The lowest BCUT2D eigenvalue weighted by Gasteiger charge is -2.16. The van der Waals surface area contributed by atoms with Gasteiger partial charge in [-0.1, -0.05) is 96.5 Å². The van der Waals surface area contributed by atoms with Gasteiger partial charge < -0.3 is 14.6 Å². The van der Waals surface area contributed by atoms with E-state index in [1.165, 1.54) is 83.5 Å². The maximum atomic E-state index is 12.1. The smallest absolute Gasteiger partial charge is 0.338 e. The molecule has 0 aliphatic heterocycles. The molecule has 4 nitrogen and oxygen atoms in total. The van der Waals surface area contributed by atoms with E-state index < -0.39 is 12.1 Å². The van der Waals surface area contributed by atoms with Crippen LogP contribution in [0.3, 0.4) is 0 Å². The number of hydrogen-bond donors (Lipinski definition) is 1. The Morgan fingerprint density at radius 1 is 0.903 bits per heavy atom. The van der Waals surface area contributed by atoms with Crippen molar-refractivity contribution in [2.75, 3.05) is 19.8 Å². The molecule has 0 heterocycles. The largest absolute Gasteiger partial charge is 0.454 e. The van der Waals surface area contributed by atoms with Crippen LogP contribution in [-0.2, 0) is 9.47 Å². The molecule has 5 heteroatoms. The predicted octanol–water partition coefficient (Wildman–Crippen LogP) is 7.31. The van der Waals surface area contributed by atoms with Crippen LogP contribution in [0.2, 0.25) is 0 Å². The summed E-state index contributed by atoms with van der Waals surface area (Å²) in [5, 5.41) is 9.44. The molecule has 0 aromatic heterocycles. The zero-order valence-corrected chi connectivity index (χ0v) is 21.6. The second kappa shape index (κ2) is 20.0. The van der Waals surface area contributed by atoms with Crippen LogP contribution in [0.4, 0.5) is 0 Å². The number of unbranched alkanes of at least 4 members (excludes halogenated alkanes) is 13.